The van der Waals surface area contributed by atoms with E-state index in [1.54, 1.807) is 0 Å². The number of halogens is 1. The van der Waals surface area contributed by atoms with Crippen molar-refractivity contribution in [3.05, 3.63) is 315 Å². The van der Waals surface area contributed by atoms with E-state index in [-0.39, 0.29) is 0 Å². The number of allylic oxidation sites excluding steroid dienone is 4. The van der Waals surface area contributed by atoms with Crippen molar-refractivity contribution >= 4 is 91.5 Å². The molecule has 0 spiro atoms. The third-order valence-corrected chi connectivity index (χ3v) is 19.0. The van der Waals surface area contributed by atoms with Gasteiger partial charge in [0.1, 0.15) is 0 Å². The van der Waals surface area contributed by atoms with Gasteiger partial charge in [0, 0.05) is 115 Å². The zero-order valence-electron chi connectivity index (χ0n) is 55.9. The number of nitrogens with one attached hydrogen (secondary N) is 4. The molecule has 0 fully saturated rings. The summed E-state index contributed by atoms with van der Waals surface area (Å²) >= 11 is 2.39. The van der Waals surface area contributed by atoms with E-state index in [9.17, 15) is 0 Å². The average Bonchev–Trinajstić information content (AvgIpc) is 1.54. The van der Waals surface area contributed by atoms with Gasteiger partial charge in [-0.15, -0.1) is 0 Å². The molecular formula is C88H69IN8. The molecule has 4 N–H and O–H groups in total. The van der Waals surface area contributed by atoms with Crippen LogP contribution >= 0.6 is 22.6 Å². The van der Waals surface area contributed by atoms with E-state index < -0.39 is 0 Å². The van der Waals surface area contributed by atoms with E-state index in [0.717, 1.165) is 183 Å². The molecular weight excluding hydrogens is 1300 g/mol. The van der Waals surface area contributed by atoms with Gasteiger partial charge in [-0.3, -0.25) is 9.98 Å². The monoisotopic (exact) mass is 1360 g/mol. The summed E-state index contributed by atoms with van der Waals surface area (Å²) < 4.78 is 1.16. The molecule has 0 saturated heterocycles. The Morgan fingerprint density at radius 2 is 0.691 bits per heavy atom. The molecule has 0 amide bonds. The van der Waals surface area contributed by atoms with Crippen LogP contribution in [-0.4, -0.2) is 41.3 Å². The maximum atomic E-state index is 5.79. The minimum Gasteiger partial charge on any atom is -0.359 e. The fourth-order valence-electron chi connectivity index (χ4n) is 14.1. The lowest BCUT2D eigenvalue weighted by Gasteiger charge is -2.13. The number of nitrogens with zero attached hydrogens (tertiary/aromatic N) is 4. The standard InChI is InChI=1S/C88H69IN8/c1-50-43-52(3)81(53(4)44-50)87-77-39-35-73(94-77)85(66-27-29-68(89)30-28-66)74-36-40-78(95-74)88(82-54(5)45-51(2)46-55(82)6)80-42-38-76(97-80)86(75-37-41-79(87)96-75)67-48-62(17-15-60-19-23-64(24-20-60)83(69-31-11-56(7)90-69)70-32-12-57(8)91-70)47-63(49-67)18-16-61-21-25-65(26-22-61)84(71-33-13-58(9)92-71)72-34-14-59(10)93-72/h11-14,19-49,90,92,94,97H,1-10H3/b83-70-,84-72+,85-73?,85-74?,86-75?,86-76?,87-77?,87-79?,88-78?,88-80?. The molecule has 0 aliphatic carbocycles. The van der Waals surface area contributed by atoms with Gasteiger partial charge < -0.3 is 19.9 Å². The number of benzene rings is 6. The van der Waals surface area contributed by atoms with Crippen LogP contribution in [0.3, 0.4) is 0 Å². The first kappa shape index (κ1) is 61.8. The van der Waals surface area contributed by atoms with E-state index in [1.807, 2.05) is 13.8 Å². The number of aromatic nitrogens is 6. The molecule has 0 saturated carbocycles. The van der Waals surface area contributed by atoms with Crippen molar-refractivity contribution < 1.29 is 0 Å². The van der Waals surface area contributed by atoms with Crippen LogP contribution in [0.5, 0.6) is 0 Å². The Kier molecular flexibility index (Phi) is 16.2. The SMILES string of the molecule is CC1=N/C(=C(/c2ccc(C#Cc3cc(C#Cc4ccc(/C(=C5/C=CC(C)=N5)c5ccc(C)[nH]5)cc4)cc(-c4c5nc(c(-c6c(C)cc(C)cc6C)c6ccc([nH]6)c(-c6ccc(I)cc6)c6nc(c(-c7c(C)cc(C)cc7C)c7ccc4[nH]7)C=C6)C=C5)c3)cc2)c2ccc(C)[nH]2)C=C1. The normalized spacial score (nSPS) is 14.0. The molecule has 0 atom stereocenters. The highest BCUT2D eigenvalue weighted by Crippen LogP contribution is 2.43. The molecule has 5 aromatic heterocycles. The molecule has 4 aliphatic rings. The predicted molar refractivity (Wildman–Crippen MR) is 414 cm³/mol. The average molecular weight is 1370 g/mol. The van der Waals surface area contributed by atoms with Gasteiger partial charge in [-0.2, -0.15) is 0 Å². The molecule has 8 bridgehead atoms. The van der Waals surface area contributed by atoms with Crippen molar-refractivity contribution in [1.29, 1.82) is 0 Å². The van der Waals surface area contributed by atoms with Gasteiger partial charge >= 0.3 is 0 Å². The number of aryl methyl sites for hydroxylation is 8. The highest BCUT2D eigenvalue weighted by molar-refractivity contribution is 14.1. The fraction of sp³-hybridized carbons (Fsp3) is 0.114. The molecule has 0 radical (unpaired) electrons. The van der Waals surface area contributed by atoms with Crippen molar-refractivity contribution in [2.75, 3.05) is 0 Å². The third kappa shape index (κ3) is 12.3. The summed E-state index contributed by atoms with van der Waals surface area (Å²) in [6.45, 7) is 21.4. The first-order valence-corrected chi connectivity index (χ1v) is 33.8. The van der Waals surface area contributed by atoms with Gasteiger partial charge in [0.2, 0.25) is 0 Å². The molecule has 468 valence electrons. The van der Waals surface area contributed by atoms with Gasteiger partial charge in [0.15, 0.2) is 0 Å². The summed E-state index contributed by atoms with van der Waals surface area (Å²) in [5, 5.41) is 0. The number of aliphatic imine (C=N–C) groups is 2. The van der Waals surface area contributed by atoms with Crippen LogP contribution in [0.15, 0.2) is 209 Å². The number of hydrogen-bond donors (Lipinski definition) is 4. The second-order valence-electron chi connectivity index (χ2n) is 25.8. The maximum absolute atomic E-state index is 5.79. The van der Waals surface area contributed by atoms with Crippen molar-refractivity contribution in [3.63, 3.8) is 0 Å². The van der Waals surface area contributed by atoms with Crippen molar-refractivity contribution in [2.45, 2.75) is 69.2 Å². The van der Waals surface area contributed by atoms with Crippen molar-refractivity contribution in [2.24, 2.45) is 9.98 Å². The van der Waals surface area contributed by atoms with Crippen LogP contribution in [0.25, 0.3) is 102 Å². The zero-order valence-corrected chi connectivity index (χ0v) is 58.0. The van der Waals surface area contributed by atoms with E-state index in [2.05, 4.69) is 334 Å². The van der Waals surface area contributed by atoms with Gasteiger partial charge in [0.05, 0.1) is 34.2 Å². The molecule has 4 aliphatic heterocycles. The number of aromatic amines is 4. The maximum Gasteiger partial charge on any atom is 0.0737 e. The van der Waals surface area contributed by atoms with Gasteiger partial charge in [-0.25, -0.2) is 9.97 Å². The Hall–Kier alpha value is -11.4. The van der Waals surface area contributed by atoms with Gasteiger partial charge in [-0.1, -0.05) is 95.5 Å². The van der Waals surface area contributed by atoms with E-state index in [4.69, 9.17) is 20.0 Å². The molecule has 11 aromatic rings. The zero-order chi connectivity index (χ0) is 66.8. The number of fused-ring (bicyclic) bond motifs is 8. The van der Waals surface area contributed by atoms with Crippen LogP contribution in [-0.2, 0) is 0 Å². The van der Waals surface area contributed by atoms with Crippen LogP contribution in [0.1, 0.15) is 126 Å². The van der Waals surface area contributed by atoms with Gasteiger partial charge in [0.25, 0.3) is 0 Å². The smallest absolute Gasteiger partial charge is 0.0737 e. The van der Waals surface area contributed by atoms with E-state index in [1.165, 1.54) is 33.4 Å². The summed E-state index contributed by atoms with van der Waals surface area (Å²) in [6, 6.07) is 58.5. The second kappa shape index (κ2) is 25.4. The molecule has 9 heterocycles. The highest BCUT2D eigenvalue weighted by atomic mass is 127. The largest absolute Gasteiger partial charge is 0.359 e. The number of rotatable bonds is 8. The fourth-order valence-corrected chi connectivity index (χ4v) is 14.5. The van der Waals surface area contributed by atoms with Gasteiger partial charge in [-0.05, 0) is 299 Å². The van der Waals surface area contributed by atoms with Crippen LogP contribution in [0.4, 0.5) is 0 Å². The molecule has 9 heteroatoms. The quantitative estimate of drug-likeness (QED) is 0.0897. The first-order valence-electron chi connectivity index (χ1n) is 32.8. The second-order valence-corrected chi connectivity index (χ2v) is 27.1. The lowest BCUT2D eigenvalue weighted by atomic mass is 9.92. The van der Waals surface area contributed by atoms with E-state index >= 15 is 0 Å². The Balaban J connectivity index is 0.971. The minimum atomic E-state index is 0.791. The Morgan fingerprint density at radius 3 is 1.06 bits per heavy atom. The summed E-state index contributed by atoms with van der Waals surface area (Å²) in [5.74, 6) is 14.4. The lowest BCUT2D eigenvalue weighted by molar-refractivity contribution is 1.23. The van der Waals surface area contributed by atoms with Crippen molar-refractivity contribution in [1.82, 2.24) is 29.9 Å². The third-order valence-electron chi connectivity index (χ3n) is 18.3. The predicted octanol–water partition coefficient (Wildman–Crippen LogP) is 21.4. The lowest BCUT2D eigenvalue weighted by Crippen LogP contribution is -1.95. The number of hydrogen-bond acceptors (Lipinski definition) is 4. The Labute approximate surface area is 580 Å². The topological polar surface area (TPSA) is 114 Å². The summed E-state index contributed by atoms with van der Waals surface area (Å²) in [7, 11) is 0. The molecule has 97 heavy (non-hydrogen) atoms. The number of H-pyrrole nitrogens is 4. The summed E-state index contributed by atoms with van der Waals surface area (Å²) in [5.41, 5.74) is 37.8. The van der Waals surface area contributed by atoms with Crippen LogP contribution in [0, 0.1) is 82.6 Å². The molecule has 8 nitrogen and oxygen atoms in total. The van der Waals surface area contributed by atoms with Crippen LogP contribution < -0.4 is 0 Å². The van der Waals surface area contributed by atoms with Crippen molar-refractivity contribution in [3.8, 4) is 68.2 Å². The minimum absolute atomic E-state index is 0.791. The summed E-state index contributed by atoms with van der Waals surface area (Å²) in [6.07, 6.45) is 17.0. The molecule has 6 aromatic carbocycles. The Bertz CT molecular complexity index is 5460. The molecule has 15 rings (SSSR count). The van der Waals surface area contributed by atoms with E-state index in [0.29, 0.717) is 0 Å². The summed E-state index contributed by atoms with van der Waals surface area (Å²) in [4.78, 5) is 36.4. The Morgan fingerprint density at radius 1 is 0.320 bits per heavy atom. The van der Waals surface area contributed by atoms with Crippen LogP contribution in [0.2, 0.25) is 0 Å². The highest BCUT2D eigenvalue weighted by Gasteiger charge is 2.24. The first-order chi connectivity index (χ1) is 47.0. The molecule has 0 unspecified atom stereocenters.